The number of anilines is 4. The van der Waals surface area contributed by atoms with Gasteiger partial charge in [-0.15, -0.1) is 0 Å². The molecule has 0 saturated carbocycles. The van der Waals surface area contributed by atoms with Gasteiger partial charge in [0.15, 0.2) is 11.6 Å². The Morgan fingerprint density at radius 3 is 2.72 bits per heavy atom. The molecule has 0 radical (unpaired) electrons. The molecule has 1 fully saturated rings. The molecule has 0 atom stereocenters. The topological polar surface area (TPSA) is 104 Å². The smallest absolute Gasteiger partial charge is 0.306 e. The number of aliphatic carboxylic acids is 1. The molecule has 1 aromatic heterocycles. The van der Waals surface area contributed by atoms with Crippen molar-refractivity contribution in [1.82, 2.24) is 9.97 Å². The predicted octanol–water partition coefficient (Wildman–Crippen LogP) is 2.67. The van der Waals surface area contributed by atoms with Crippen LogP contribution in [0, 0.1) is 5.92 Å². The van der Waals surface area contributed by atoms with Gasteiger partial charge in [-0.1, -0.05) is 25.1 Å². The summed E-state index contributed by atoms with van der Waals surface area (Å²) in [5.41, 5.74) is 8.95. The zero-order valence-electron chi connectivity index (χ0n) is 14.3. The third-order valence-corrected chi connectivity index (χ3v) is 4.66. The Balaban J connectivity index is 1.80. The number of hydrogen-bond donors (Lipinski definition) is 3. The van der Waals surface area contributed by atoms with Crippen molar-refractivity contribution in [2.75, 3.05) is 29.0 Å². The van der Waals surface area contributed by atoms with E-state index in [0.29, 0.717) is 43.3 Å². The van der Waals surface area contributed by atoms with E-state index in [-0.39, 0.29) is 5.92 Å². The van der Waals surface area contributed by atoms with Crippen LogP contribution in [0.5, 0.6) is 0 Å². The molecular weight excluding hydrogens is 318 g/mol. The largest absolute Gasteiger partial charge is 0.481 e. The number of rotatable bonds is 5. The minimum Gasteiger partial charge on any atom is -0.481 e. The highest BCUT2D eigenvalue weighted by Gasteiger charge is 2.26. The highest BCUT2D eigenvalue weighted by Crippen LogP contribution is 2.32. The van der Waals surface area contributed by atoms with Crippen LogP contribution < -0.4 is 16.0 Å². The van der Waals surface area contributed by atoms with Gasteiger partial charge in [0.05, 0.1) is 5.92 Å². The number of nitrogens with one attached hydrogen (secondary N) is 1. The monoisotopic (exact) mass is 341 g/mol. The van der Waals surface area contributed by atoms with E-state index in [1.807, 2.05) is 23.1 Å². The molecule has 132 valence electrons. The summed E-state index contributed by atoms with van der Waals surface area (Å²) in [6.07, 6.45) is 3.59. The first-order chi connectivity index (χ1) is 12.1. The normalized spacial score (nSPS) is 15.2. The molecule has 0 aliphatic carbocycles. The molecule has 2 heterocycles. The number of hydrogen-bond acceptors (Lipinski definition) is 6. The third kappa shape index (κ3) is 3.65. The molecule has 1 aliphatic rings. The van der Waals surface area contributed by atoms with Crippen LogP contribution in [0.1, 0.15) is 25.3 Å². The van der Waals surface area contributed by atoms with Crippen molar-refractivity contribution in [3.05, 3.63) is 36.2 Å². The molecule has 0 amide bonds. The van der Waals surface area contributed by atoms with Gasteiger partial charge < -0.3 is 21.1 Å². The molecule has 1 saturated heterocycles. The highest BCUT2D eigenvalue weighted by molar-refractivity contribution is 5.79. The second-order valence-corrected chi connectivity index (χ2v) is 6.19. The van der Waals surface area contributed by atoms with Crippen molar-refractivity contribution in [2.24, 2.45) is 5.92 Å². The van der Waals surface area contributed by atoms with Crippen molar-refractivity contribution in [3.63, 3.8) is 0 Å². The van der Waals surface area contributed by atoms with E-state index < -0.39 is 5.97 Å². The van der Waals surface area contributed by atoms with E-state index in [4.69, 9.17) is 10.8 Å². The first-order valence-electron chi connectivity index (χ1n) is 8.53. The van der Waals surface area contributed by atoms with Gasteiger partial charge in [-0.3, -0.25) is 4.79 Å². The standard InChI is InChI=1S/C18H23N5O2/c1-2-12-5-3-4-6-14(12)22-16-15(19)17(21-11-20-16)23-9-7-13(8-10-23)18(24)25/h3-6,11,13H,2,7-10,19H2,1H3,(H,24,25)(H,20,21,22). The molecule has 0 spiro atoms. The van der Waals surface area contributed by atoms with Crippen LogP contribution in [0.25, 0.3) is 0 Å². The van der Waals surface area contributed by atoms with Gasteiger partial charge in [0.2, 0.25) is 0 Å². The lowest BCUT2D eigenvalue weighted by Gasteiger charge is -2.31. The van der Waals surface area contributed by atoms with Gasteiger partial charge in [0.1, 0.15) is 12.0 Å². The molecule has 0 unspecified atom stereocenters. The highest BCUT2D eigenvalue weighted by atomic mass is 16.4. The summed E-state index contributed by atoms with van der Waals surface area (Å²) >= 11 is 0. The summed E-state index contributed by atoms with van der Waals surface area (Å²) in [6.45, 7) is 3.36. The Bertz CT molecular complexity index is 757. The maximum Gasteiger partial charge on any atom is 0.306 e. The van der Waals surface area contributed by atoms with Crippen LogP contribution in [0.2, 0.25) is 0 Å². The van der Waals surface area contributed by atoms with Gasteiger partial charge in [-0.05, 0) is 30.9 Å². The molecule has 2 aromatic rings. The average molecular weight is 341 g/mol. The molecular formula is C18H23N5O2. The number of nitrogens with two attached hydrogens (primary N) is 1. The number of nitrogens with zero attached hydrogens (tertiary/aromatic N) is 3. The summed E-state index contributed by atoms with van der Waals surface area (Å²) in [5, 5.41) is 12.4. The van der Waals surface area contributed by atoms with E-state index in [9.17, 15) is 4.79 Å². The average Bonchev–Trinajstić information content (AvgIpc) is 2.64. The zero-order chi connectivity index (χ0) is 17.8. The predicted molar refractivity (Wildman–Crippen MR) is 98.1 cm³/mol. The third-order valence-electron chi connectivity index (χ3n) is 4.66. The van der Waals surface area contributed by atoms with E-state index in [2.05, 4.69) is 28.3 Å². The number of carboxylic acids is 1. The summed E-state index contributed by atoms with van der Waals surface area (Å²) in [4.78, 5) is 21.7. The summed E-state index contributed by atoms with van der Waals surface area (Å²) < 4.78 is 0. The summed E-state index contributed by atoms with van der Waals surface area (Å²) in [5.74, 6) is 0.226. The van der Waals surface area contributed by atoms with Crippen molar-refractivity contribution in [3.8, 4) is 0 Å². The molecule has 1 aromatic carbocycles. The van der Waals surface area contributed by atoms with E-state index in [1.54, 1.807) is 0 Å². The second-order valence-electron chi connectivity index (χ2n) is 6.19. The van der Waals surface area contributed by atoms with Crippen LogP contribution in [0.3, 0.4) is 0 Å². The Labute approximate surface area is 146 Å². The molecule has 4 N–H and O–H groups in total. The minimum absolute atomic E-state index is 0.284. The molecule has 1 aliphatic heterocycles. The van der Waals surface area contributed by atoms with E-state index in [0.717, 1.165) is 12.1 Å². The molecule has 0 bridgehead atoms. The lowest BCUT2D eigenvalue weighted by atomic mass is 9.97. The first kappa shape index (κ1) is 17.0. The van der Waals surface area contributed by atoms with E-state index >= 15 is 0 Å². The number of nitrogen functional groups attached to an aromatic ring is 1. The molecule has 7 heteroatoms. The molecule has 25 heavy (non-hydrogen) atoms. The first-order valence-corrected chi connectivity index (χ1v) is 8.53. The van der Waals surface area contributed by atoms with Gasteiger partial charge in [0.25, 0.3) is 0 Å². The number of aromatic nitrogens is 2. The van der Waals surface area contributed by atoms with Crippen LogP contribution in [-0.2, 0) is 11.2 Å². The molecule has 7 nitrogen and oxygen atoms in total. The number of aryl methyl sites for hydroxylation is 1. The second kappa shape index (κ2) is 7.38. The lowest BCUT2D eigenvalue weighted by Crippen LogP contribution is -2.37. The number of piperidine rings is 1. The van der Waals surface area contributed by atoms with Crippen molar-refractivity contribution < 1.29 is 9.90 Å². The van der Waals surface area contributed by atoms with Crippen LogP contribution in [0.15, 0.2) is 30.6 Å². The van der Waals surface area contributed by atoms with Crippen LogP contribution >= 0.6 is 0 Å². The van der Waals surface area contributed by atoms with Gasteiger partial charge >= 0.3 is 5.97 Å². The fraction of sp³-hybridized carbons (Fsp3) is 0.389. The Morgan fingerprint density at radius 2 is 2.04 bits per heavy atom. The van der Waals surface area contributed by atoms with Crippen molar-refractivity contribution >= 4 is 29.0 Å². The van der Waals surface area contributed by atoms with Gasteiger partial charge in [0, 0.05) is 18.8 Å². The minimum atomic E-state index is -0.728. The number of para-hydroxylation sites is 1. The molecule has 3 rings (SSSR count). The Kier molecular flexibility index (Phi) is 5.02. The lowest BCUT2D eigenvalue weighted by molar-refractivity contribution is -0.142. The summed E-state index contributed by atoms with van der Waals surface area (Å²) in [6, 6.07) is 8.04. The number of carboxylic acid groups (broad SMARTS) is 1. The number of benzene rings is 1. The maximum atomic E-state index is 11.1. The SMILES string of the molecule is CCc1ccccc1Nc1ncnc(N2CCC(C(=O)O)CC2)c1N. The fourth-order valence-corrected chi connectivity index (χ4v) is 3.15. The van der Waals surface area contributed by atoms with Gasteiger partial charge in [-0.2, -0.15) is 0 Å². The van der Waals surface area contributed by atoms with Gasteiger partial charge in [-0.25, -0.2) is 9.97 Å². The fourth-order valence-electron chi connectivity index (χ4n) is 3.15. The zero-order valence-corrected chi connectivity index (χ0v) is 14.3. The van der Waals surface area contributed by atoms with Crippen LogP contribution in [0.4, 0.5) is 23.0 Å². The van der Waals surface area contributed by atoms with Crippen LogP contribution in [-0.4, -0.2) is 34.1 Å². The van der Waals surface area contributed by atoms with Crippen molar-refractivity contribution in [2.45, 2.75) is 26.2 Å². The Hall–Kier alpha value is -2.83. The van der Waals surface area contributed by atoms with Crippen molar-refractivity contribution in [1.29, 1.82) is 0 Å². The quantitative estimate of drug-likeness (QED) is 0.768. The number of carbonyl (C=O) groups is 1. The van der Waals surface area contributed by atoms with E-state index in [1.165, 1.54) is 11.9 Å². The summed E-state index contributed by atoms with van der Waals surface area (Å²) in [7, 11) is 0. The Morgan fingerprint density at radius 1 is 1.32 bits per heavy atom. The maximum absolute atomic E-state index is 11.1.